The van der Waals surface area contributed by atoms with Gasteiger partial charge >= 0.3 is 0 Å². The lowest BCUT2D eigenvalue weighted by atomic mass is 10.1. The van der Waals surface area contributed by atoms with Crippen molar-refractivity contribution in [3.8, 4) is 11.8 Å². The Kier molecular flexibility index (Phi) is 5.21. The smallest absolute Gasteiger partial charge is 0.267 e. The van der Waals surface area contributed by atoms with Gasteiger partial charge in [-0.15, -0.1) is 10.2 Å². The van der Waals surface area contributed by atoms with Crippen LogP contribution in [0, 0.1) is 11.3 Å². The highest BCUT2D eigenvalue weighted by Crippen LogP contribution is 2.26. The SMILES string of the molecule is CCc1ccc(-n2c(=O)c3ccccc3n3c(SCc4ccc(C#N)cc4)nnc23)cc1. The monoisotopic (exact) mass is 437 g/mol. The summed E-state index contributed by atoms with van der Waals surface area (Å²) in [6.07, 6.45) is 0.934. The second kappa shape index (κ2) is 8.33. The number of para-hydroxylation sites is 1. The number of benzene rings is 3. The van der Waals surface area contributed by atoms with Crippen LogP contribution in [0.1, 0.15) is 23.6 Å². The number of nitrogens with zero attached hydrogens (tertiary/aromatic N) is 5. The molecule has 156 valence electrons. The minimum atomic E-state index is -0.117. The topological polar surface area (TPSA) is 76.0 Å². The molecule has 0 bridgehead atoms. The molecule has 0 aliphatic carbocycles. The number of fused-ring (bicyclic) bond motifs is 3. The molecule has 0 saturated carbocycles. The zero-order valence-electron chi connectivity index (χ0n) is 17.4. The van der Waals surface area contributed by atoms with Crippen LogP contribution in [0.15, 0.2) is 82.7 Å². The third-order valence-electron chi connectivity index (χ3n) is 5.45. The van der Waals surface area contributed by atoms with Gasteiger partial charge in [-0.25, -0.2) is 4.57 Å². The van der Waals surface area contributed by atoms with Gasteiger partial charge in [0.1, 0.15) is 0 Å². The lowest BCUT2D eigenvalue weighted by molar-refractivity contribution is 0.930. The van der Waals surface area contributed by atoms with Gasteiger partial charge in [0.25, 0.3) is 5.56 Å². The van der Waals surface area contributed by atoms with E-state index in [1.807, 2.05) is 77.2 Å². The minimum Gasteiger partial charge on any atom is -0.268 e. The van der Waals surface area contributed by atoms with E-state index in [0.29, 0.717) is 27.6 Å². The highest BCUT2D eigenvalue weighted by Gasteiger charge is 2.18. The summed E-state index contributed by atoms with van der Waals surface area (Å²) in [6.45, 7) is 2.10. The summed E-state index contributed by atoms with van der Waals surface area (Å²) in [5.41, 5.74) is 4.35. The molecular formula is C25H19N5OS. The summed E-state index contributed by atoms with van der Waals surface area (Å²) in [6, 6.07) is 25.1. The maximum atomic E-state index is 13.4. The Bertz CT molecular complexity index is 1530. The van der Waals surface area contributed by atoms with Crippen LogP contribution < -0.4 is 5.56 Å². The first kappa shape index (κ1) is 20.0. The first-order valence-corrected chi connectivity index (χ1v) is 11.3. The number of nitriles is 1. The van der Waals surface area contributed by atoms with Gasteiger partial charge in [0.15, 0.2) is 5.16 Å². The second-order valence-corrected chi connectivity index (χ2v) is 8.34. The number of rotatable bonds is 5. The average Bonchev–Trinajstić information content (AvgIpc) is 3.27. The molecule has 0 aliphatic rings. The fourth-order valence-electron chi connectivity index (χ4n) is 3.71. The number of hydrogen-bond donors (Lipinski definition) is 0. The number of aromatic nitrogens is 4. The Morgan fingerprint density at radius 3 is 2.38 bits per heavy atom. The standard InChI is InChI=1S/C25H19N5OS/c1-2-17-11-13-20(14-12-17)29-23(31)21-5-3-4-6-22(21)30-24(29)27-28-25(30)32-16-19-9-7-18(15-26)8-10-19/h3-14H,2,16H2,1H3. The summed E-state index contributed by atoms with van der Waals surface area (Å²) in [7, 11) is 0. The van der Waals surface area contributed by atoms with Crippen LogP contribution in [-0.4, -0.2) is 19.2 Å². The number of hydrogen-bond acceptors (Lipinski definition) is 5. The van der Waals surface area contributed by atoms with Crippen LogP contribution in [0.25, 0.3) is 22.4 Å². The molecule has 6 nitrogen and oxygen atoms in total. The lowest BCUT2D eigenvalue weighted by Gasteiger charge is -2.12. The van der Waals surface area contributed by atoms with Crippen molar-refractivity contribution in [2.24, 2.45) is 0 Å². The Labute approximate surface area is 188 Å². The zero-order valence-corrected chi connectivity index (χ0v) is 18.2. The quantitative estimate of drug-likeness (QED) is 0.371. The molecule has 0 amide bonds. The van der Waals surface area contributed by atoms with Crippen molar-refractivity contribution in [1.29, 1.82) is 5.26 Å². The van der Waals surface area contributed by atoms with E-state index in [-0.39, 0.29) is 5.56 Å². The molecule has 0 saturated heterocycles. The van der Waals surface area contributed by atoms with Gasteiger partial charge in [0.2, 0.25) is 5.78 Å². The normalized spacial score (nSPS) is 11.1. The van der Waals surface area contributed by atoms with E-state index < -0.39 is 0 Å². The van der Waals surface area contributed by atoms with E-state index in [4.69, 9.17) is 5.26 Å². The highest BCUT2D eigenvalue weighted by atomic mass is 32.2. The molecule has 32 heavy (non-hydrogen) atoms. The molecule has 3 aromatic carbocycles. The van der Waals surface area contributed by atoms with Gasteiger partial charge in [0.05, 0.1) is 28.2 Å². The lowest BCUT2D eigenvalue weighted by Crippen LogP contribution is -2.21. The fourth-order valence-corrected chi connectivity index (χ4v) is 4.60. The van der Waals surface area contributed by atoms with Gasteiger partial charge < -0.3 is 0 Å². The molecule has 0 radical (unpaired) electrons. The van der Waals surface area contributed by atoms with Crippen molar-refractivity contribution in [3.63, 3.8) is 0 Å². The Morgan fingerprint density at radius 1 is 0.938 bits per heavy atom. The van der Waals surface area contributed by atoms with E-state index in [1.54, 1.807) is 16.3 Å². The molecule has 0 unspecified atom stereocenters. The minimum absolute atomic E-state index is 0.117. The fraction of sp³-hybridized carbons (Fsp3) is 0.120. The van der Waals surface area contributed by atoms with Crippen LogP contribution in [-0.2, 0) is 12.2 Å². The van der Waals surface area contributed by atoms with E-state index in [1.165, 1.54) is 5.56 Å². The molecule has 2 heterocycles. The van der Waals surface area contributed by atoms with Crippen molar-refractivity contribution >= 4 is 28.4 Å². The third-order valence-corrected chi connectivity index (χ3v) is 6.45. The zero-order chi connectivity index (χ0) is 22.1. The summed E-state index contributed by atoms with van der Waals surface area (Å²) >= 11 is 1.54. The van der Waals surface area contributed by atoms with Crippen LogP contribution in [0.5, 0.6) is 0 Å². The number of aryl methyl sites for hydroxylation is 1. The molecule has 0 spiro atoms. The van der Waals surface area contributed by atoms with Crippen LogP contribution >= 0.6 is 11.8 Å². The molecular weight excluding hydrogens is 418 g/mol. The second-order valence-electron chi connectivity index (χ2n) is 7.39. The van der Waals surface area contributed by atoms with E-state index in [2.05, 4.69) is 23.2 Å². The Morgan fingerprint density at radius 2 is 1.66 bits per heavy atom. The molecule has 5 aromatic rings. The van der Waals surface area contributed by atoms with Crippen LogP contribution in [0.4, 0.5) is 0 Å². The summed E-state index contributed by atoms with van der Waals surface area (Å²) in [5, 5.41) is 19.1. The largest absolute Gasteiger partial charge is 0.268 e. The van der Waals surface area contributed by atoms with Crippen molar-refractivity contribution in [3.05, 3.63) is 99.8 Å². The summed E-state index contributed by atoms with van der Waals surface area (Å²) in [5.74, 6) is 1.16. The molecule has 0 N–H and O–H groups in total. The Balaban J connectivity index is 1.65. The maximum absolute atomic E-state index is 13.4. The first-order chi connectivity index (χ1) is 15.7. The van der Waals surface area contributed by atoms with Gasteiger partial charge in [-0.2, -0.15) is 5.26 Å². The molecule has 0 atom stereocenters. The highest BCUT2D eigenvalue weighted by molar-refractivity contribution is 7.98. The summed E-state index contributed by atoms with van der Waals surface area (Å²) < 4.78 is 3.57. The van der Waals surface area contributed by atoms with Gasteiger partial charge in [-0.3, -0.25) is 9.20 Å². The first-order valence-electron chi connectivity index (χ1n) is 10.3. The van der Waals surface area contributed by atoms with E-state index in [9.17, 15) is 4.79 Å². The van der Waals surface area contributed by atoms with E-state index in [0.717, 1.165) is 23.2 Å². The van der Waals surface area contributed by atoms with Gasteiger partial charge in [0, 0.05) is 5.75 Å². The van der Waals surface area contributed by atoms with Gasteiger partial charge in [-0.05, 0) is 53.9 Å². The van der Waals surface area contributed by atoms with Gasteiger partial charge in [-0.1, -0.05) is 55.1 Å². The molecule has 7 heteroatoms. The van der Waals surface area contributed by atoms with E-state index >= 15 is 0 Å². The average molecular weight is 438 g/mol. The van der Waals surface area contributed by atoms with Crippen molar-refractivity contribution in [1.82, 2.24) is 19.2 Å². The third kappa shape index (κ3) is 3.45. The molecule has 0 fully saturated rings. The van der Waals surface area contributed by atoms with Crippen molar-refractivity contribution < 1.29 is 0 Å². The van der Waals surface area contributed by atoms with Crippen LogP contribution in [0.2, 0.25) is 0 Å². The van der Waals surface area contributed by atoms with Crippen molar-refractivity contribution in [2.45, 2.75) is 24.3 Å². The predicted molar refractivity (Wildman–Crippen MR) is 126 cm³/mol. The number of thioether (sulfide) groups is 1. The predicted octanol–water partition coefficient (Wildman–Crippen LogP) is 4.76. The molecule has 2 aromatic heterocycles. The van der Waals surface area contributed by atoms with Crippen LogP contribution in [0.3, 0.4) is 0 Å². The Hall–Kier alpha value is -3.89. The van der Waals surface area contributed by atoms with Crippen molar-refractivity contribution in [2.75, 3.05) is 0 Å². The summed E-state index contributed by atoms with van der Waals surface area (Å²) in [4.78, 5) is 13.4. The molecule has 5 rings (SSSR count). The molecule has 0 aliphatic heterocycles. The maximum Gasteiger partial charge on any atom is 0.267 e.